The van der Waals surface area contributed by atoms with Crippen LogP contribution in [0.5, 0.6) is 0 Å². The predicted octanol–water partition coefficient (Wildman–Crippen LogP) is 2.93. The lowest BCUT2D eigenvalue weighted by Crippen LogP contribution is -2.11. The number of hydrogen-bond acceptors (Lipinski definition) is 2. The number of nitrogens with one attached hydrogen (secondary N) is 1. The average Bonchev–Trinajstić information content (AvgIpc) is 2.07. The van der Waals surface area contributed by atoms with Gasteiger partial charge in [0.1, 0.15) is 0 Å². The maximum absolute atomic E-state index is 11.1. The first-order chi connectivity index (χ1) is 6.83. The first-order valence-electron chi connectivity index (χ1n) is 4.29. The molecule has 0 atom stereocenters. The van der Waals surface area contributed by atoms with Gasteiger partial charge in [-0.2, -0.15) is 0 Å². The molecule has 0 unspecified atom stereocenters. The molecule has 0 saturated heterocycles. The highest BCUT2D eigenvalue weighted by molar-refractivity contribution is 7.92. The van der Waals surface area contributed by atoms with E-state index in [0.717, 1.165) is 11.8 Å². The van der Waals surface area contributed by atoms with Crippen LogP contribution in [0.2, 0.25) is 10.0 Å². The number of hydrogen-bond donors (Lipinski definition) is 1. The topological polar surface area (TPSA) is 46.2 Å². The molecule has 6 heteroatoms. The van der Waals surface area contributed by atoms with E-state index in [4.69, 9.17) is 23.2 Å². The summed E-state index contributed by atoms with van der Waals surface area (Å²) in [5.41, 5.74) is 1.18. The number of halogens is 2. The Labute approximate surface area is 99.4 Å². The molecule has 1 aromatic rings. The zero-order chi connectivity index (χ0) is 11.6. The predicted molar refractivity (Wildman–Crippen MR) is 64.3 cm³/mol. The lowest BCUT2D eigenvalue weighted by molar-refractivity contribution is 0.606. The molecule has 0 saturated carbocycles. The summed E-state index contributed by atoms with van der Waals surface area (Å²) in [7, 11) is -3.32. The van der Waals surface area contributed by atoms with E-state index in [1.54, 1.807) is 6.07 Å². The first-order valence-corrected chi connectivity index (χ1v) is 6.94. The number of aryl methyl sites for hydroxylation is 1. The molecular weight excluding hydrogens is 257 g/mol. The molecule has 0 fully saturated rings. The molecule has 0 heterocycles. The van der Waals surface area contributed by atoms with Gasteiger partial charge in [-0.3, -0.25) is 4.72 Å². The highest BCUT2D eigenvalue weighted by Crippen LogP contribution is 2.31. The fourth-order valence-electron chi connectivity index (χ4n) is 1.21. The number of sulfonamides is 1. The van der Waals surface area contributed by atoms with Crippen LogP contribution in [-0.2, 0) is 16.4 Å². The third-order valence-electron chi connectivity index (χ3n) is 1.81. The lowest BCUT2D eigenvalue weighted by atomic mass is 10.1. The Bertz CT molecular complexity index is 471. The van der Waals surface area contributed by atoms with Crippen LogP contribution < -0.4 is 4.72 Å². The molecule has 0 aliphatic rings. The normalized spacial score (nSPS) is 11.5. The molecular formula is C9H11Cl2NO2S. The summed E-state index contributed by atoms with van der Waals surface area (Å²) < 4.78 is 24.6. The molecule has 3 nitrogen and oxygen atoms in total. The first kappa shape index (κ1) is 12.6. The molecule has 1 rings (SSSR count). The second kappa shape index (κ2) is 4.60. The standard InChI is InChI=1S/C9H11Cl2NO2S/c1-3-6-4-7(10)5-8(11)9(6)12-15(2,13)14/h4-5,12H,3H2,1-2H3. The zero-order valence-electron chi connectivity index (χ0n) is 8.34. The van der Waals surface area contributed by atoms with E-state index >= 15 is 0 Å². The quantitative estimate of drug-likeness (QED) is 0.916. The van der Waals surface area contributed by atoms with E-state index in [2.05, 4.69) is 4.72 Å². The van der Waals surface area contributed by atoms with Crippen molar-refractivity contribution in [3.05, 3.63) is 27.7 Å². The number of benzene rings is 1. The van der Waals surface area contributed by atoms with Crippen molar-refractivity contribution < 1.29 is 8.42 Å². The molecule has 15 heavy (non-hydrogen) atoms. The summed E-state index contributed by atoms with van der Waals surface area (Å²) in [6, 6.07) is 3.21. The van der Waals surface area contributed by atoms with Gasteiger partial charge in [-0.25, -0.2) is 8.42 Å². The van der Waals surface area contributed by atoms with Gasteiger partial charge in [-0.1, -0.05) is 30.1 Å². The van der Waals surface area contributed by atoms with Crippen molar-refractivity contribution in [3.8, 4) is 0 Å². The highest BCUT2D eigenvalue weighted by Gasteiger charge is 2.11. The fourth-order valence-corrected chi connectivity index (χ4v) is 2.46. The van der Waals surface area contributed by atoms with Crippen LogP contribution in [0.15, 0.2) is 12.1 Å². The molecule has 84 valence electrons. The van der Waals surface area contributed by atoms with Gasteiger partial charge in [-0.05, 0) is 24.1 Å². The van der Waals surface area contributed by atoms with Crippen molar-refractivity contribution in [3.63, 3.8) is 0 Å². The molecule has 1 N–H and O–H groups in total. The summed E-state index contributed by atoms with van der Waals surface area (Å²) in [4.78, 5) is 0. The van der Waals surface area contributed by atoms with Gasteiger partial charge >= 0.3 is 0 Å². The van der Waals surface area contributed by atoms with Gasteiger partial charge in [0.15, 0.2) is 0 Å². The SMILES string of the molecule is CCc1cc(Cl)cc(Cl)c1NS(C)(=O)=O. The van der Waals surface area contributed by atoms with Crippen LogP contribution in [0.3, 0.4) is 0 Å². The van der Waals surface area contributed by atoms with Crippen LogP contribution in [0.4, 0.5) is 5.69 Å². The molecule has 1 aromatic carbocycles. The monoisotopic (exact) mass is 267 g/mol. The summed E-state index contributed by atoms with van der Waals surface area (Å²) in [6.07, 6.45) is 1.73. The summed E-state index contributed by atoms with van der Waals surface area (Å²) in [6.45, 7) is 1.90. The Balaban J connectivity index is 3.27. The van der Waals surface area contributed by atoms with Crippen LogP contribution in [-0.4, -0.2) is 14.7 Å². The number of anilines is 1. The van der Waals surface area contributed by atoms with Crippen molar-refractivity contribution in [1.29, 1.82) is 0 Å². The second-order valence-corrected chi connectivity index (χ2v) is 5.74. The van der Waals surface area contributed by atoms with Gasteiger partial charge in [0.05, 0.1) is 17.0 Å². The third-order valence-corrected chi connectivity index (χ3v) is 2.90. The zero-order valence-corrected chi connectivity index (χ0v) is 10.7. The molecule has 0 aliphatic heterocycles. The second-order valence-electron chi connectivity index (χ2n) is 3.15. The Hall–Kier alpha value is -0.450. The largest absolute Gasteiger partial charge is 0.282 e. The summed E-state index contributed by atoms with van der Waals surface area (Å²) in [5, 5.41) is 0.806. The van der Waals surface area contributed by atoms with Crippen molar-refractivity contribution >= 4 is 38.9 Å². The average molecular weight is 268 g/mol. The van der Waals surface area contributed by atoms with E-state index in [1.165, 1.54) is 6.07 Å². The summed E-state index contributed by atoms with van der Waals surface area (Å²) in [5.74, 6) is 0. The van der Waals surface area contributed by atoms with E-state index < -0.39 is 10.0 Å². The van der Waals surface area contributed by atoms with Crippen molar-refractivity contribution in [2.24, 2.45) is 0 Å². The van der Waals surface area contributed by atoms with E-state index in [1.807, 2.05) is 6.92 Å². The van der Waals surface area contributed by atoms with E-state index in [-0.39, 0.29) is 0 Å². The smallest absolute Gasteiger partial charge is 0.229 e. The van der Waals surface area contributed by atoms with Crippen LogP contribution in [0, 0.1) is 0 Å². The van der Waals surface area contributed by atoms with E-state index in [0.29, 0.717) is 22.2 Å². The minimum absolute atomic E-state index is 0.310. The van der Waals surface area contributed by atoms with Crippen molar-refractivity contribution in [2.45, 2.75) is 13.3 Å². The van der Waals surface area contributed by atoms with Gasteiger partial charge in [0.25, 0.3) is 0 Å². The van der Waals surface area contributed by atoms with Gasteiger partial charge in [0, 0.05) is 5.02 Å². The minimum Gasteiger partial charge on any atom is -0.282 e. The molecule has 0 aromatic heterocycles. The van der Waals surface area contributed by atoms with Gasteiger partial charge in [0.2, 0.25) is 10.0 Å². The third kappa shape index (κ3) is 3.55. The Morgan fingerprint density at radius 1 is 1.33 bits per heavy atom. The lowest BCUT2D eigenvalue weighted by Gasteiger charge is -2.11. The van der Waals surface area contributed by atoms with Gasteiger partial charge in [-0.15, -0.1) is 0 Å². The molecule has 0 aliphatic carbocycles. The fraction of sp³-hybridized carbons (Fsp3) is 0.333. The Kier molecular flexibility index (Phi) is 3.87. The van der Waals surface area contributed by atoms with Gasteiger partial charge < -0.3 is 0 Å². The molecule has 0 spiro atoms. The highest BCUT2D eigenvalue weighted by atomic mass is 35.5. The minimum atomic E-state index is -3.32. The maximum atomic E-state index is 11.1. The summed E-state index contributed by atoms with van der Waals surface area (Å²) >= 11 is 11.7. The van der Waals surface area contributed by atoms with Crippen LogP contribution in [0.1, 0.15) is 12.5 Å². The van der Waals surface area contributed by atoms with Crippen LogP contribution >= 0.6 is 23.2 Å². The van der Waals surface area contributed by atoms with Crippen LogP contribution in [0.25, 0.3) is 0 Å². The van der Waals surface area contributed by atoms with Crippen molar-refractivity contribution in [2.75, 3.05) is 11.0 Å². The van der Waals surface area contributed by atoms with Crippen molar-refractivity contribution in [1.82, 2.24) is 0 Å². The number of rotatable bonds is 3. The maximum Gasteiger partial charge on any atom is 0.229 e. The molecule has 0 amide bonds. The Morgan fingerprint density at radius 2 is 1.93 bits per heavy atom. The molecule has 0 bridgehead atoms. The molecule has 0 radical (unpaired) electrons. The van der Waals surface area contributed by atoms with E-state index in [9.17, 15) is 8.42 Å². The Morgan fingerprint density at radius 3 is 2.40 bits per heavy atom.